The summed E-state index contributed by atoms with van der Waals surface area (Å²) in [5.74, 6) is 0.848. The fourth-order valence-corrected chi connectivity index (χ4v) is 2.60. The number of hydrogen-bond donors (Lipinski definition) is 3. The first-order valence-corrected chi connectivity index (χ1v) is 13.2. The summed E-state index contributed by atoms with van der Waals surface area (Å²) in [5.41, 5.74) is 6.02. The van der Waals surface area contributed by atoms with E-state index in [1.165, 1.54) is 52.2 Å². The molecule has 1 rings (SSSR count). The summed E-state index contributed by atoms with van der Waals surface area (Å²) in [6.45, 7) is 15.9. The molecular formula is C30H58N6O. The smallest absolute Gasteiger partial charge is 0.159 e. The van der Waals surface area contributed by atoms with Crippen LogP contribution in [0.2, 0.25) is 0 Å². The number of aliphatic imine (C=N–C) groups is 2. The van der Waals surface area contributed by atoms with Crippen LogP contribution in [0.5, 0.6) is 0 Å². The van der Waals surface area contributed by atoms with E-state index in [-0.39, 0.29) is 5.78 Å². The molecule has 0 bridgehead atoms. The number of benzene rings is 1. The van der Waals surface area contributed by atoms with Crippen molar-refractivity contribution in [2.45, 2.75) is 66.7 Å². The van der Waals surface area contributed by atoms with Gasteiger partial charge in [0, 0.05) is 18.8 Å². The number of ketones is 1. The molecule has 1 aromatic rings. The largest absolute Gasteiger partial charge is 0.371 e. The number of rotatable bonds is 12. The highest BCUT2D eigenvalue weighted by Gasteiger charge is 1.96. The molecule has 0 aliphatic carbocycles. The molecular weight excluding hydrogens is 460 g/mol. The summed E-state index contributed by atoms with van der Waals surface area (Å²) in [6, 6.07) is 9.23. The minimum absolute atomic E-state index is 0.121. The Bertz CT molecular complexity index is 699. The Morgan fingerprint density at radius 3 is 1.86 bits per heavy atom. The summed E-state index contributed by atoms with van der Waals surface area (Å²) in [5, 5.41) is 5.69. The van der Waals surface area contributed by atoms with E-state index in [4.69, 9.17) is 0 Å². The van der Waals surface area contributed by atoms with E-state index in [0.29, 0.717) is 0 Å². The van der Waals surface area contributed by atoms with Crippen molar-refractivity contribution in [1.29, 1.82) is 0 Å². The fraction of sp³-hybridized carbons (Fsp3) is 0.567. The number of carbonyl (C=O) groups excluding carboxylic acids is 1. The normalized spacial score (nSPS) is 10.5. The second-order valence-corrected chi connectivity index (χ2v) is 7.82. The van der Waals surface area contributed by atoms with Gasteiger partial charge in [-0.3, -0.25) is 9.79 Å². The first kappa shape index (κ1) is 41.5. The Balaban J connectivity index is -0.000000204. The summed E-state index contributed by atoms with van der Waals surface area (Å²) in [6.07, 6.45) is 12.2. The number of unbranched alkanes of at least 4 members (excludes halogenated alkanes) is 3. The van der Waals surface area contributed by atoms with Gasteiger partial charge in [0.2, 0.25) is 0 Å². The van der Waals surface area contributed by atoms with E-state index in [0.717, 1.165) is 17.1 Å². The molecule has 0 saturated carbocycles. The second-order valence-electron chi connectivity index (χ2n) is 7.82. The lowest BCUT2D eigenvalue weighted by atomic mass is 10.2. The number of carbonyl (C=O) groups is 1. The van der Waals surface area contributed by atoms with Gasteiger partial charge in [-0.25, -0.2) is 4.99 Å². The number of nitrogens with one attached hydrogen (secondary N) is 2. The first-order chi connectivity index (χ1) is 17.8. The van der Waals surface area contributed by atoms with Gasteiger partial charge in [-0.05, 0) is 87.7 Å². The molecule has 0 amide bonds. The molecule has 0 radical (unpaired) electrons. The van der Waals surface area contributed by atoms with Crippen molar-refractivity contribution in [1.82, 2.24) is 15.5 Å². The predicted molar refractivity (Wildman–Crippen MR) is 168 cm³/mol. The summed E-state index contributed by atoms with van der Waals surface area (Å²) >= 11 is 0. The molecule has 214 valence electrons. The molecule has 7 heteroatoms. The molecule has 7 nitrogen and oxygen atoms in total. The molecule has 0 saturated heterocycles. The van der Waals surface area contributed by atoms with E-state index < -0.39 is 0 Å². The van der Waals surface area contributed by atoms with Gasteiger partial charge >= 0.3 is 0 Å². The van der Waals surface area contributed by atoms with Crippen LogP contribution in [0.4, 0.5) is 0 Å². The van der Waals surface area contributed by atoms with Crippen LogP contribution in [0.15, 0.2) is 64.0 Å². The maximum Gasteiger partial charge on any atom is 0.159 e. The SMILES string of the molecule is C=NC(/C=C\C)=C(/N=C/C)NC.CC(=O)c1ccccc1.CCCCCN(C)CCCC.CN.CNC. The number of hydrogen-bond acceptors (Lipinski definition) is 7. The zero-order valence-corrected chi connectivity index (χ0v) is 25.6. The van der Waals surface area contributed by atoms with E-state index in [1.807, 2.05) is 70.4 Å². The van der Waals surface area contributed by atoms with Gasteiger partial charge in [-0.1, -0.05) is 69.5 Å². The zero-order valence-electron chi connectivity index (χ0n) is 25.6. The van der Waals surface area contributed by atoms with Crippen molar-refractivity contribution in [3.63, 3.8) is 0 Å². The Morgan fingerprint density at radius 1 is 1.00 bits per heavy atom. The Kier molecular flexibility index (Phi) is 39.9. The quantitative estimate of drug-likeness (QED) is 0.138. The monoisotopic (exact) mass is 518 g/mol. The Labute approximate surface area is 229 Å². The molecule has 0 aromatic heterocycles. The zero-order chi connectivity index (χ0) is 29.3. The van der Waals surface area contributed by atoms with Gasteiger partial charge in [-0.2, -0.15) is 0 Å². The summed E-state index contributed by atoms with van der Waals surface area (Å²) in [7, 11) is 9.28. The van der Waals surface area contributed by atoms with Gasteiger partial charge < -0.3 is 21.3 Å². The molecule has 0 fully saturated rings. The van der Waals surface area contributed by atoms with Crippen molar-refractivity contribution in [2.75, 3.05) is 48.3 Å². The maximum atomic E-state index is 10.6. The molecule has 0 atom stereocenters. The maximum absolute atomic E-state index is 10.6. The molecule has 1 aromatic carbocycles. The Morgan fingerprint density at radius 2 is 1.51 bits per heavy atom. The minimum atomic E-state index is 0.121. The van der Waals surface area contributed by atoms with Gasteiger partial charge in [0.05, 0.1) is 0 Å². The minimum Gasteiger partial charge on any atom is -0.371 e. The van der Waals surface area contributed by atoms with E-state index >= 15 is 0 Å². The van der Waals surface area contributed by atoms with Crippen LogP contribution >= 0.6 is 0 Å². The fourth-order valence-electron chi connectivity index (χ4n) is 2.60. The van der Waals surface area contributed by atoms with Crippen molar-refractivity contribution in [3.8, 4) is 0 Å². The lowest BCUT2D eigenvalue weighted by molar-refractivity contribution is 0.101. The number of nitrogens with two attached hydrogens (primary N) is 1. The summed E-state index contributed by atoms with van der Waals surface area (Å²) in [4.78, 5) is 21.0. The molecule has 0 heterocycles. The van der Waals surface area contributed by atoms with E-state index in [9.17, 15) is 4.79 Å². The van der Waals surface area contributed by atoms with E-state index in [2.05, 4.69) is 58.9 Å². The van der Waals surface area contributed by atoms with Gasteiger partial charge in [0.15, 0.2) is 11.6 Å². The van der Waals surface area contributed by atoms with Crippen LogP contribution in [0, 0.1) is 0 Å². The van der Waals surface area contributed by atoms with Crippen LogP contribution < -0.4 is 16.4 Å². The lowest BCUT2D eigenvalue weighted by Crippen LogP contribution is -2.20. The average molecular weight is 519 g/mol. The highest BCUT2D eigenvalue weighted by atomic mass is 16.1. The van der Waals surface area contributed by atoms with Crippen molar-refractivity contribution in [3.05, 3.63) is 59.6 Å². The van der Waals surface area contributed by atoms with Gasteiger partial charge in [0.25, 0.3) is 0 Å². The standard InChI is InChI=1S/C10H23N.C9H15N3.C8H8O.C2H7N.CH5N/c1-4-6-8-10-11(3)9-7-5-2;1-5-7-8(10-3)9(11-4)12-6-2;1-7(9)8-5-3-2-4-6-8;1-3-2;1-2/h4-10H2,1-3H3;5-7,11H,3H2,1-2,4H3;2-6H,1H3;3H,1-2H3;2H2,1H3/b;7-5-,9-8+,12-6+;;;. The lowest BCUT2D eigenvalue weighted by Gasteiger charge is -2.15. The van der Waals surface area contributed by atoms with Gasteiger partial charge in [-0.15, -0.1) is 0 Å². The number of Topliss-reactive ketones (excluding diaryl/α,β-unsaturated/α-hetero) is 1. The highest BCUT2D eigenvalue weighted by Crippen LogP contribution is 2.05. The summed E-state index contributed by atoms with van der Waals surface area (Å²) < 4.78 is 0. The molecule has 0 aliphatic heterocycles. The third-order valence-electron chi connectivity index (χ3n) is 4.45. The van der Waals surface area contributed by atoms with Crippen molar-refractivity contribution < 1.29 is 4.79 Å². The molecule has 0 aliphatic rings. The molecule has 4 N–H and O–H groups in total. The molecule has 0 unspecified atom stereocenters. The first-order valence-electron chi connectivity index (χ1n) is 13.2. The van der Waals surface area contributed by atoms with Crippen LogP contribution in [0.3, 0.4) is 0 Å². The van der Waals surface area contributed by atoms with Gasteiger partial charge in [0.1, 0.15) is 5.70 Å². The third kappa shape index (κ3) is 31.4. The van der Waals surface area contributed by atoms with Crippen LogP contribution in [-0.2, 0) is 0 Å². The molecule has 0 spiro atoms. The predicted octanol–water partition coefficient (Wildman–Crippen LogP) is 5.95. The van der Waals surface area contributed by atoms with Crippen molar-refractivity contribution in [2.24, 2.45) is 15.7 Å². The highest BCUT2D eigenvalue weighted by molar-refractivity contribution is 5.93. The number of allylic oxidation sites excluding steroid dienone is 2. The third-order valence-corrected chi connectivity index (χ3v) is 4.45. The Hall–Kier alpha value is -2.61. The average Bonchev–Trinajstić information content (AvgIpc) is 2.92. The second kappa shape index (κ2) is 35.6. The topological polar surface area (TPSA) is 95.1 Å². The van der Waals surface area contributed by atoms with Crippen molar-refractivity contribution >= 4 is 18.7 Å². The molecule has 37 heavy (non-hydrogen) atoms. The number of nitrogens with zero attached hydrogens (tertiary/aromatic N) is 3. The van der Waals surface area contributed by atoms with Crippen LogP contribution in [0.25, 0.3) is 0 Å². The van der Waals surface area contributed by atoms with Crippen LogP contribution in [0.1, 0.15) is 77.1 Å². The van der Waals surface area contributed by atoms with E-state index in [1.54, 1.807) is 20.2 Å². The van der Waals surface area contributed by atoms with Crippen LogP contribution in [-0.4, -0.2) is 71.9 Å².